The van der Waals surface area contributed by atoms with E-state index in [1.54, 1.807) is 0 Å². The molecule has 2 aromatic heterocycles. The Kier molecular flexibility index (Phi) is 9.14. The van der Waals surface area contributed by atoms with Gasteiger partial charge in [-0.1, -0.05) is 200 Å². The number of hydrogen-bond acceptors (Lipinski definition) is 3. The van der Waals surface area contributed by atoms with Crippen molar-refractivity contribution in [2.24, 2.45) is 0 Å². The lowest BCUT2D eigenvalue weighted by Gasteiger charge is -2.15. The molecule has 0 atom stereocenters. The summed E-state index contributed by atoms with van der Waals surface area (Å²) in [5.74, 6) is 1.85. The predicted octanol–water partition coefficient (Wildman–Crippen LogP) is 16.4. The molecule has 0 aliphatic rings. The van der Waals surface area contributed by atoms with Gasteiger partial charge in [-0.25, -0.2) is 15.0 Å². The highest BCUT2D eigenvalue weighted by molar-refractivity contribution is 6.20. The minimum Gasteiger partial charge on any atom is -0.309 e. The highest BCUT2D eigenvalue weighted by Gasteiger charge is 2.19. The van der Waals surface area contributed by atoms with Crippen LogP contribution in [0, 0.1) is 0 Å². The number of benzene rings is 11. The second-order valence-electron chi connectivity index (χ2n) is 17.2. The van der Waals surface area contributed by atoms with Gasteiger partial charge in [0.15, 0.2) is 17.5 Å². The molecule has 0 bridgehead atoms. The van der Waals surface area contributed by atoms with E-state index in [2.05, 4.69) is 241 Å². The van der Waals surface area contributed by atoms with Crippen LogP contribution in [0.15, 0.2) is 243 Å². The van der Waals surface area contributed by atoms with Crippen molar-refractivity contribution >= 4 is 54.1 Å². The van der Waals surface area contributed by atoms with Crippen LogP contribution in [-0.2, 0) is 0 Å². The molecular formula is C63H40N4. The zero-order chi connectivity index (χ0) is 44.3. The van der Waals surface area contributed by atoms with E-state index in [1.807, 2.05) is 6.07 Å². The Hall–Kier alpha value is -8.99. The van der Waals surface area contributed by atoms with Crippen molar-refractivity contribution in [3.63, 3.8) is 0 Å². The molecule has 0 fully saturated rings. The maximum atomic E-state index is 5.28. The van der Waals surface area contributed by atoms with E-state index in [1.165, 1.54) is 59.7 Å². The maximum Gasteiger partial charge on any atom is 0.164 e. The molecule has 0 spiro atoms. The van der Waals surface area contributed by atoms with Gasteiger partial charge in [-0.15, -0.1) is 0 Å². The van der Waals surface area contributed by atoms with E-state index in [4.69, 9.17) is 15.0 Å². The second kappa shape index (κ2) is 15.9. The number of hydrogen-bond donors (Lipinski definition) is 0. The molecule has 0 N–H and O–H groups in total. The van der Waals surface area contributed by atoms with Gasteiger partial charge in [-0.2, -0.15) is 0 Å². The fraction of sp³-hybridized carbons (Fsp3) is 0. The summed E-state index contributed by atoms with van der Waals surface area (Å²) in [4.78, 5) is 15.8. The Bertz CT molecular complexity index is 4020. The maximum absolute atomic E-state index is 5.28. The average molecular weight is 853 g/mol. The standard InChI is InChI=1S/C63H40N4/c1-3-16-41(17-4-1)50-24-11-12-28-55(50)63-65-61(44-32-30-43(31-33-44)60-52-26-10-8-19-47(52)40-56-51-25-9-7-18-42(51)34-36-54(56)60)64-62(66-63)48-21-15-20-45(38-48)46-35-37-59-57(39-46)53-27-13-14-29-58(53)67(59)49-22-5-2-6-23-49/h1-40H. The molecule has 0 aliphatic heterocycles. The summed E-state index contributed by atoms with van der Waals surface area (Å²) in [6.45, 7) is 0. The monoisotopic (exact) mass is 852 g/mol. The van der Waals surface area contributed by atoms with Crippen LogP contribution < -0.4 is 0 Å². The van der Waals surface area contributed by atoms with Crippen molar-refractivity contribution in [1.29, 1.82) is 0 Å². The minimum atomic E-state index is 0.613. The van der Waals surface area contributed by atoms with E-state index >= 15 is 0 Å². The van der Waals surface area contributed by atoms with Crippen molar-refractivity contribution < 1.29 is 0 Å². The lowest BCUT2D eigenvalue weighted by atomic mass is 9.89. The fourth-order valence-corrected chi connectivity index (χ4v) is 10.1. The van der Waals surface area contributed by atoms with Gasteiger partial charge < -0.3 is 4.57 Å². The summed E-state index contributed by atoms with van der Waals surface area (Å²) >= 11 is 0. The van der Waals surface area contributed by atoms with E-state index in [9.17, 15) is 0 Å². The molecule has 2 heterocycles. The van der Waals surface area contributed by atoms with Crippen molar-refractivity contribution in [2.75, 3.05) is 0 Å². The number of aromatic nitrogens is 4. The smallest absolute Gasteiger partial charge is 0.164 e. The molecule has 0 saturated heterocycles. The Morgan fingerprint density at radius 1 is 0.254 bits per heavy atom. The summed E-state index contributed by atoms with van der Waals surface area (Å²) < 4.78 is 2.35. The number of fused-ring (bicyclic) bond motifs is 7. The van der Waals surface area contributed by atoms with E-state index in [0.29, 0.717) is 17.5 Å². The zero-order valence-electron chi connectivity index (χ0n) is 36.4. The number of para-hydroxylation sites is 2. The van der Waals surface area contributed by atoms with Crippen molar-refractivity contribution in [2.45, 2.75) is 0 Å². The molecule has 4 heteroatoms. The third-order valence-electron chi connectivity index (χ3n) is 13.2. The molecule has 0 radical (unpaired) electrons. The molecule has 67 heavy (non-hydrogen) atoms. The third kappa shape index (κ3) is 6.65. The summed E-state index contributed by atoms with van der Waals surface area (Å²) in [6, 6.07) is 86.5. The lowest BCUT2D eigenvalue weighted by molar-refractivity contribution is 1.07. The SMILES string of the molecule is c1ccc(-c2ccccc2-c2nc(-c3ccc(-c4c5ccccc5cc5c4ccc4ccccc45)cc3)nc(-c3cccc(-c4ccc5c(c4)c4ccccc4n5-c4ccccc4)c3)n2)cc1. The molecule has 4 nitrogen and oxygen atoms in total. The van der Waals surface area contributed by atoms with E-state index < -0.39 is 0 Å². The van der Waals surface area contributed by atoms with Gasteiger partial charge in [-0.05, 0) is 108 Å². The summed E-state index contributed by atoms with van der Waals surface area (Å²) in [7, 11) is 0. The van der Waals surface area contributed by atoms with Gasteiger partial charge in [0.05, 0.1) is 11.0 Å². The summed E-state index contributed by atoms with van der Waals surface area (Å²) in [6.07, 6.45) is 0. The lowest BCUT2D eigenvalue weighted by Crippen LogP contribution is -2.01. The number of nitrogens with zero attached hydrogens (tertiary/aromatic N) is 4. The Morgan fingerprint density at radius 2 is 0.821 bits per heavy atom. The first kappa shape index (κ1) is 38.5. The average Bonchev–Trinajstić information content (AvgIpc) is 3.74. The number of rotatable bonds is 7. The molecule has 13 aromatic rings. The van der Waals surface area contributed by atoms with Crippen LogP contribution in [0.2, 0.25) is 0 Å². The Balaban J connectivity index is 0.955. The van der Waals surface area contributed by atoms with Crippen LogP contribution >= 0.6 is 0 Å². The van der Waals surface area contributed by atoms with Crippen LogP contribution in [0.4, 0.5) is 0 Å². The van der Waals surface area contributed by atoms with Gasteiger partial charge in [-0.3, -0.25) is 0 Å². The van der Waals surface area contributed by atoms with Crippen molar-refractivity contribution in [3.05, 3.63) is 243 Å². The van der Waals surface area contributed by atoms with Gasteiger partial charge in [0.25, 0.3) is 0 Å². The van der Waals surface area contributed by atoms with Crippen molar-refractivity contribution in [3.8, 4) is 73.2 Å². The molecule has 13 rings (SSSR count). The largest absolute Gasteiger partial charge is 0.309 e. The molecule has 0 saturated carbocycles. The first-order valence-electron chi connectivity index (χ1n) is 22.8. The predicted molar refractivity (Wildman–Crippen MR) is 279 cm³/mol. The molecule has 0 unspecified atom stereocenters. The molecule has 0 aliphatic carbocycles. The van der Waals surface area contributed by atoms with Gasteiger partial charge >= 0.3 is 0 Å². The van der Waals surface area contributed by atoms with Gasteiger partial charge in [0.2, 0.25) is 0 Å². The van der Waals surface area contributed by atoms with Gasteiger partial charge in [0, 0.05) is 33.2 Å². The van der Waals surface area contributed by atoms with Crippen LogP contribution in [-0.4, -0.2) is 19.5 Å². The zero-order valence-corrected chi connectivity index (χ0v) is 36.4. The second-order valence-corrected chi connectivity index (χ2v) is 17.2. The van der Waals surface area contributed by atoms with Crippen LogP contribution in [0.3, 0.4) is 0 Å². The quantitative estimate of drug-likeness (QED) is 0.118. The molecule has 11 aromatic carbocycles. The first-order valence-corrected chi connectivity index (χ1v) is 22.8. The Morgan fingerprint density at radius 3 is 1.64 bits per heavy atom. The highest BCUT2D eigenvalue weighted by Crippen LogP contribution is 2.41. The molecule has 312 valence electrons. The summed E-state index contributed by atoms with van der Waals surface area (Å²) in [5.41, 5.74) is 13.0. The van der Waals surface area contributed by atoms with E-state index in [0.717, 1.165) is 50.2 Å². The molecular weight excluding hydrogens is 813 g/mol. The normalized spacial score (nSPS) is 11.6. The Labute approximate surface area is 387 Å². The van der Waals surface area contributed by atoms with Crippen molar-refractivity contribution in [1.82, 2.24) is 19.5 Å². The fourth-order valence-electron chi connectivity index (χ4n) is 10.1. The topological polar surface area (TPSA) is 43.6 Å². The third-order valence-corrected chi connectivity index (χ3v) is 13.2. The molecule has 0 amide bonds. The van der Waals surface area contributed by atoms with E-state index in [-0.39, 0.29) is 0 Å². The first-order chi connectivity index (χ1) is 33.2. The minimum absolute atomic E-state index is 0.613. The van der Waals surface area contributed by atoms with Crippen LogP contribution in [0.1, 0.15) is 0 Å². The summed E-state index contributed by atoms with van der Waals surface area (Å²) in [5, 5.41) is 9.84. The van der Waals surface area contributed by atoms with Gasteiger partial charge in [0.1, 0.15) is 0 Å². The van der Waals surface area contributed by atoms with Crippen LogP contribution in [0.5, 0.6) is 0 Å². The van der Waals surface area contributed by atoms with Crippen LogP contribution in [0.25, 0.3) is 127 Å². The highest BCUT2D eigenvalue weighted by atomic mass is 15.0.